The van der Waals surface area contributed by atoms with Crippen molar-refractivity contribution in [2.24, 2.45) is 22.5 Å². The SMILES string of the molecule is CC(C)(CCN1CCC(C(C)(C)C)CCC1=O)C(N)=S. The molecule has 1 aliphatic rings. The van der Waals surface area contributed by atoms with Crippen LogP contribution in [0.3, 0.4) is 0 Å². The van der Waals surface area contributed by atoms with Gasteiger partial charge in [-0.15, -0.1) is 0 Å². The molecule has 4 heteroatoms. The highest BCUT2D eigenvalue weighted by atomic mass is 32.1. The summed E-state index contributed by atoms with van der Waals surface area (Å²) in [6.45, 7) is 12.6. The van der Waals surface area contributed by atoms with Crippen molar-refractivity contribution in [3.63, 3.8) is 0 Å². The molecular formula is C16H30N2OS. The summed E-state index contributed by atoms with van der Waals surface area (Å²) in [5, 5.41) is 0. The van der Waals surface area contributed by atoms with Crippen molar-refractivity contribution in [2.75, 3.05) is 13.1 Å². The quantitative estimate of drug-likeness (QED) is 0.810. The van der Waals surface area contributed by atoms with Gasteiger partial charge in [0.25, 0.3) is 0 Å². The van der Waals surface area contributed by atoms with Gasteiger partial charge in [-0.1, -0.05) is 46.8 Å². The highest BCUT2D eigenvalue weighted by molar-refractivity contribution is 7.80. The van der Waals surface area contributed by atoms with Crippen molar-refractivity contribution in [3.8, 4) is 0 Å². The molecule has 1 saturated heterocycles. The van der Waals surface area contributed by atoms with Crippen molar-refractivity contribution in [1.82, 2.24) is 4.90 Å². The summed E-state index contributed by atoms with van der Waals surface area (Å²) >= 11 is 5.10. The second-order valence-corrected chi connectivity index (χ2v) is 8.21. The van der Waals surface area contributed by atoms with Gasteiger partial charge in [0.15, 0.2) is 0 Å². The topological polar surface area (TPSA) is 46.3 Å². The van der Waals surface area contributed by atoms with E-state index in [4.69, 9.17) is 18.0 Å². The fraction of sp³-hybridized carbons (Fsp3) is 0.875. The van der Waals surface area contributed by atoms with Gasteiger partial charge in [0.2, 0.25) is 5.91 Å². The van der Waals surface area contributed by atoms with Crippen LogP contribution in [-0.4, -0.2) is 28.9 Å². The first kappa shape index (κ1) is 17.4. The zero-order valence-corrected chi connectivity index (χ0v) is 14.5. The molecule has 1 fully saturated rings. The van der Waals surface area contributed by atoms with Gasteiger partial charge in [-0.25, -0.2) is 0 Å². The second-order valence-electron chi connectivity index (χ2n) is 7.77. The summed E-state index contributed by atoms with van der Waals surface area (Å²) in [7, 11) is 0. The van der Waals surface area contributed by atoms with E-state index in [2.05, 4.69) is 34.6 Å². The van der Waals surface area contributed by atoms with Crippen LogP contribution in [0.5, 0.6) is 0 Å². The standard InChI is InChI=1S/C16H30N2OS/c1-15(2,3)12-6-7-13(19)18(10-8-12)11-9-16(4,5)14(17)20/h12H,6-11H2,1-5H3,(H2,17,20). The fourth-order valence-electron chi connectivity index (χ4n) is 2.68. The van der Waals surface area contributed by atoms with Crippen molar-refractivity contribution >= 4 is 23.1 Å². The number of hydrogen-bond acceptors (Lipinski definition) is 2. The number of likely N-dealkylation sites (tertiary alicyclic amines) is 1. The third-order valence-corrected chi connectivity index (χ3v) is 5.26. The molecule has 116 valence electrons. The van der Waals surface area contributed by atoms with Gasteiger partial charge in [-0.05, 0) is 30.6 Å². The van der Waals surface area contributed by atoms with E-state index >= 15 is 0 Å². The van der Waals surface area contributed by atoms with Gasteiger partial charge in [-0.2, -0.15) is 0 Å². The van der Waals surface area contributed by atoms with Gasteiger partial charge in [-0.3, -0.25) is 4.79 Å². The van der Waals surface area contributed by atoms with E-state index in [0.717, 1.165) is 32.4 Å². The first-order valence-electron chi connectivity index (χ1n) is 7.62. The Balaban J connectivity index is 2.60. The molecule has 20 heavy (non-hydrogen) atoms. The minimum absolute atomic E-state index is 0.175. The largest absolute Gasteiger partial charge is 0.393 e. The number of hydrogen-bond donors (Lipinski definition) is 1. The zero-order chi connectivity index (χ0) is 15.6. The van der Waals surface area contributed by atoms with Crippen LogP contribution in [0.15, 0.2) is 0 Å². The van der Waals surface area contributed by atoms with Gasteiger partial charge < -0.3 is 10.6 Å². The Hall–Kier alpha value is -0.640. The minimum Gasteiger partial charge on any atom is -0.393 e. The predicted octanol–water partition coefficient (Wildman–Crippen LogP) is 3.36. The maximum atomic E-state index is 12.2. The summed E-state index contributed by atoms with van der Waals surface area (Å²) in [4.78, 5) is 14.8. The van der Waals surface area contributed by atoms with Gasteiger partial charge in [0.1, 0.15) is 0 Å². The first-order valence-corrected chi connectivity index (χ1v) is 8.02. The Kier molecular flexibility index (Phi) is 5.59. The molecule has 0 radical (unpaired) electrons. The molecule has 1 unspecified atom stereocenters. The Labute approximate surface area is 129 Å². The lowest BCUT2D eigenvalue weighted by Gasteiger charge is -2.30. The molecule has 0 spiro atoms. The Morgan fingerprint density at radius 1 is 1.30 bits per heavy atom. The van der Waals surface area contributed by atoms with Gasteiger partial charge >= 0.3 is 0 Å². The summed E-state index contributed by atoms with van der Waals surface area (Å²) < 4.78 is 0. The maximum absolute atomic E-state index is 12.2. The van der Waals surface area contributed by atoms with Crippen molar-refractivity contribution in [2.45, 2.75) is 60.3 Å². The number of carbonyl (C=O) groups excluding carboxylic acids is 1. The van der Waals surface area contributed by atoms with Crippen LogP contribution in [0, 0.1) is 16.7 Å². The van der Waals surface area contributed by atoms with E-state index < -0.39 is 0 Å². The predicted molar refractivity (Wildman–Crippen MR) is 88.6 cm³/mol. The molecule has 0 aromatic rings. The third-order valence-electron chi connectivity index (χ3n) is 4.71. The maximum Gasteiger partial charge on any atom is 0.222 e. The van der Waals surface area contributed by atoms with Crippen LogP contribution in [0.4, 0.5) is 0 Å². The van der Waals surface area contributed by atoms with Crippen molar-refractivity contribution in [1.29, 1.82) is 0 Å². The molecule has 0 saturated carbocycles. The van der Waals surface area contributed by atoms with Crippen LogP contribution in [0.25, 0.3) is 0 Å². The smallest absolute Gasteiger partial charge is 0.222 e. The first-order chi connectivity index (χ1) is 9.04. The molecule has 1 aliphatic heterocycles. The molecule has 0 aromatic heterocycles. The second kappa shape index (κ2) is 6.42. The molecule has 2 N–H and O–H groups in total. The Bertz CT molecular complexity index is 371. The summed E-state index contributed by atoms with van der Waals surface area (Å²) in [5.41, 5.74) is 5.87. The van der Waals surface area contributed by atoms with Gasteiger partial charge in [0, 0.05) is 24.9 Å². The number of thiocarbonyl (C=S) groups is 1. The van der Waals surface area contributed by atoms with Crippen molar-refractivity contribution in [3.05, 3.63) is 0 Å². The fourth-order valence-corrected chi connectivity index (χ4v) is 2.78. The summed E-state index contributed by atoms with van der Waals surface area (Å²) in [6.07, 6.45) is 3.63. The highest BCUT2D eigenvalue weighted by Crippen LogP contribution is 2.34. The number of amides is 1. The van der Waals surface area contributed by atoms with Crippen LogP contribution in [-0.2, 0) is 4.79 Å². The molecule has 1 amide bonds. The monoisotopic (exact) mass is 298 g/mol. The van der Waals surface area contributed by atoms with Gasteiger partial charge in [0.05, 0.1) is 4.99 Å². The normalized spacial score (nSPS) is 21.8. The summed E-state index contributed by atoms with van der Waals surface area (Å²) in [5.74, 6) is 0.913. The number of carbonyl (C=O) groups is 1. The zero-order valence-electron chi connectivity index (χ0n) is 13.7. The molecule has 0 aliphatic carbocycles. The average Bonchev–Trinajstić information content (AvgIpc) is 2.48. The average molecular weight is 298 g/mol. The molecular weight excluding hydrogens is 268 g/mol. The summed E-state index contributed by atoms with van der Waals surface area (Å²) in [6, 6.07) is 0. The number of rotatable bonds is 4. The molecule has 0 aromatic carbocycles. The lowest BCUT2D eigenvalue weighted by Crippen LogP contribution is -2.37. The van der Waals surface area contributed by atoms with E-state index in [1.807, 2.05) is 4.90 Å². The molecule has 0 bridgehead atoms. The van der Waals surface area contributed by atoms with Crippen LogP contribution in [0.1, 0.15) is 60.3 Å². The molecule has 1 atom stereocenters. The molecule has 3 nitrogen and oxygen atoms in total. The number of nitrogens with zero attached hydrogens (tertiary/aromatic N) is 1. The van der Waals surface area contributed by atoms with E-state index in [1.165, 1.54) is 0 Å². The molecule has 1 heterocycles. The van der Waals surface area contributed by atoms with E-state index in [-0.39, 0.29) is 16.7 Å². The van der Waals surface area contributed by atoms with Crippen LogP contribution in [0.2, 0.25) is 0 Å². The lowest BCUT2D eigenvalue weighted by molar-refractivity contribution is -0.130. The van der Waals surface area contributed by atoms with E-state index in [0.29, 0.717) is 17.3 Å². The molecule has 1 rings (SSSR count). The third kappa shape index (κ3) is 4.72. The number of nitrogens with two attached hydrogens (primary N) is 1. The minimum atomic E-state index is -0.175. The van der Waals surface area contributed by atoms with E-state index in [1.54, 1.807) is 0 Å². The Morgan fingerprint density at radius 3 is 2.40 bits per heavy atom. The Morgan fingerprint density at radius 2 is 1.90 bits per heavy atom. The van der Waals surface area contributed by atoms with Crippen LogP contribution >= 0.6 is 12.2 Å². The van der Waals surface area contributed by atoms with Crippen molar-refractivity contribution < 1.29 is 4.79 Å². The van der Waals surface area contributed by atoms with Crippen LogP contribution < -0.4 is 5.73 Å². The lowest BCUT2D eigenvalue weighted by atomic mass is 9.77. The van der Waals surface area contributed by atoms with E-state index in [9.17, 15) is 4.79 Å². The highest BCUT2D eigenvalue weighted by Gasteiger charge is 2.31.